The van der Waals surface area contributed by atoms with Crippen LogP contribution in [0.15, 0.2) is 59.2 Å². The first-order valence-electron chi connectivity index (χ1n) is 9.81. The molecule has 0 radical (unpaired) electrons. The number of carbonyl (C=O) groups excluding carboxylic acids is 1. The van der Waals surface area contributed by atoms with Crippen molar-refractivity contribution in [2.24, 2.45) is 0 Å². The first-order chi connectivity index (χ1) is 14.4. The molecule has 0 spiro atoms. The standard InChI is InChI=1S/C23H25Cl2N3O2/c1-4-27(3)23(29)21-15-30-22(26-21)14-28(16(2)17-8-6-5-7-9-17)13-18-10-11-19(24)12-20(18)25/h5-12,15-16H,4,13-14H2,1-3H3. The van der Waals surface area contributed by atoms with Crippen LogP contribution in [0.5, 0.6) is 0 Å². The Morgan fingerprint density at radius 1 is 1.13 bits per heavy atom. The molecule has 7 heteroatoms. The van der Waals surface area contributed by atoms with E-state index in [9.17, 15) is 4.79 Å². The molecule has 1 heterocycles. The number of oxazole rings is 1. The highest BCUT2D eigenvalue weighted by molar-refractivity contribution is 6.35. The van der Waals surface area contributed by atoms with Gasteiger partial charge in [-0.25, -0.2) is 4.98 Å². The SMILES string of the molecule is CCN(C)C(=O)c1coc(CN(Cc2ccc(Cl)cc2Cl)C(C)c2ccccc2)n1. The molecule has 3 aromatic rings. The van der Waals surface area contributed by atoms with Crippen LogP contribution in [-0.2, 0) is 13.1 Å². The highest BCUT2D eigenvalue weighted by Crippen LogP contribution is 2.28. The van der Waals surface area contributed by atoms with Gasteiger partial charge in [-0.05, 0) is 37.1 Å². The maximum Gasteiger partial charge on any atom is 0.275 e. The van der Waals surface area contributed by atoms with Crippen molar-refractivity contribution in [3.05, 3.63) is 87.6 Å². The van der Waals surface area contributed by atoms with Crippen molar-refractivity contribution in [1.82, 2.24) is 14.8 Å². The number of hydrogen-bond donors (Lipinski definition) is 0. The number of aromatic nitrogens is 1. The number of halogens is 2. The highest BCUT2D eigenvalue weighted by Gasteiger charge is 2.22. The molecule has 0 fully saturated rings. The first kappa shape index (κ1) is 22.3. The molecule has 0 aliphatic rings. The van der Waals surface area contributed by atoms with E-state index in [0.717, 1.165) is 11.1 Å². The van der Waals surface area contributed by atoms with Gasteiger partial charge in [0.15, 0.2) is 5.69 Å². The van der Waals surface area contributed by atoms with Gasteiger partial charge in [-0.15, -0.1) is 0 Å². The largest absolute Gasteiger partial charge is 0.447 e. The van der Waals surface area contributed by atoms with Crippen molar-refractivity contribution in [1.29, 1.82) is 0 Å². The first-order valence-corrected chi connectivity index (χ1v) is 10.6. The molecule has 158 valence electrons. The van der Waals surface area contributed by atoms with Gasteiger partial charge in [0, 0.05) is 36.2 Å². The monoisotopic (exact) mass is 445 g/mol. The quantitative estimate of drug-likeness (QED) is 0.437. The zero-order chi connectivity index (χ0) is 21.7. The van der Waals surface area contributed by atoms with Crippen LogP contribution in [0.1, 0.15) is 47.4 Å². The fraction of sp³-hybridized carbons (Fsp3) is 0.304. The Hall–Kier alpha value is -2.34. The summed E-state index contributed by atoms with van der Waals surface area (Å²) >= 11 is 12.5. The molecule has 0 aliphatic heterocycles. The van der Waals surface area contributed by atoms with Gasteiger partial charge in [0.25, 0.3) is 5.91 Å². The van der Waals surface area contributed by atoms with Crippen LogP contribution in [0.2, 0.25) is 10.0 Å². The molecule has 5 nitrogen and oxygen atoms in total. The van der Waals surface area contributed by atoms with Crippen molar-refractivity contribution < 1.29 is 9.21 Å². The second-order valence-electron chi connectivity index (χ2n) is 7.17. The molecule has 0 saturated heterocycles. The smallest absolute Gasteiger partial charge is 0.275 e. The molecule has 0 aliphatic carbocycles. The molecule has 1 aromatic heterocycles. The summed E-state index contributed by atoms with van der Waals surface area (Å²) in [5.74, 6) is 0.326. The van der Waals surface area contributed by atoms with E-state index in [2.05, 4.69) is 28.9 Å². The van der Waals surface area contributed by atoms with Gasteiger partial charge in [-0.1, -0.05) is 59.6 Å². The van der Waals surface area contributed by atoms with Crippen molar-refractivity contribution in [3.63, 3.8) is 0 Å². The minimum absolute atomic E-state index is 0.0716. The number of hydrogen-bond acceptors (Lipinski definition) is 4. The Bertz CT molecular complexity index is 991. The summed E-state index contributed by atoms with van der Waals surface area (Å²) in [6.45, 7) is 5.65. The molecule has 0 bridgehead atoms. The minimum atomic E-state index is -0.157. The highest BCUT2D eigenvalue weighted by atomic mass is 35.5. The predicted octanol–water partition coefficient (Wildman–Crippen LogP) is 5.84. The van der Waals surface area contributed by atoms with E-state index in [4.69, 9.17) is 27.6 Å². The Labute approximate surface area is 187 Å². The summed E-state index contributed by atoms with van der Waals surface area (Å²) in [7, 11) is 1.74. The fourth-order valence-corrected chi connectivity index (χ4v) is 3.60. The summed E-state index contributed by atoms with van der Waals surface area (Å²) in [5.41, 5.74) is 2.43. The molecule has 30 heavy (non-hydrogen) atoms. The van der Waals surface area contributed by atoms with E-state index < -0.39 is 0 Å². The zero-order valence-corrected chi connectivity index (χ0v) is 18.8. The molecular formula is C23H25Cl2N3O2. The van der Waals surface area contributed by atoms with Crippen LogP contribution in [-0.4, -0.2) is 34.3 Å². The van der Waals surface area contributed by atoms with Gasteiger partial charge in [0.05, 0.1) is 6.54 Å². The molecule has 1 unspecified atom stereocenters. The van der Waals surface area contributed by atoms with Gasteiger partial charge in [0.2, 0.25) is 5.89 Å². The van der Waals surface area contributed by atoms with E-state index in [1.165, 1.54) is 6.26 Å². The minimum Gasteiger partial charge on any atom is -0.447 e. The number of amides is 1. The maximum atomic E-state index is 12.4. The maximum absolute atomic E-state index is 12.4. The average Bonchev–Trinajstić information content (AvgIpc) is 3.22. The van der Waals surface area contributed by atoms with Gasteiger partial charge < -0.3 is 9.32 Å². The lowest BCUT2D eigenvalue weighted by Crippen LogP contribution is -2.28. The summed E-state index contributed by atoms with van der Waals surface area (Å²) in [5, 5.41) is 1.21. The molecular weight excluding hydrogens is 421 g/mol. The van der Waals surface area contributed by atoms with Gasteiger partial charge >= 0.3 is 0 Å². The lowest BCUT2D eigenvalue weighted by atomic mass is 10.1. The van der Waals surface area contributed by atoms with Gasteiger partial charge in [0.1, 0.15) is 6.26 Å². The lowest BCUT2D eigenvalue weighted by Gasteiger charge is -2.28. The predicted molar refractivity (Wildman–Crippen MR) is 120 cm³/mol. The van der Waals surface area contributed by atoms with Crippen molar-refractivity contribution in [2.45, 2.75) is 33.0 Å². The fourth-order valence-electron chi connectivity index (χ4n) is 3.14. The van der Waals surface area contributed by atoms with Crippen LogP contribution in [0.25, 0.3) is 0 Å². The third-order valence-electron chi connectivity index (χ3n) is 5.15. The summed E-state index contributed by atoms with van der Waals surface area (Å²) in [6, 6.07) is 15.8. The van der Waals surface area contributed by atoms with Crippen LogP contribution < -0.4 is 0 Å². The summed E-state index contributed by atoms with van der Waals surface area (Å²) in [4.78, 5) is 20.6. The van der Waals surface area contributed by atoms with Gasteiger partial charge in [-0.2, -0.15) is 0 Å². The molecule has 3 rings (SSSR count). The normalized spacial score (nSPS) is 12.2. The van der Waals surface area contributed by atoms with Crippen LogP contribution in [0, 0.1) is 0 Å². The second-order valence-corrected chi connectivity index (χ2v) is 8.02. The third kappa shape index (κ3) is 5.42. The molecule has 0 saturated carbocycles. The summed E-state index contributed by atoms with van der Waals surface area (Å²) < 4.78 is 5.63. The molecule has 1 atom stereocenters. The third-order valence-corrected chi connectivity index (χ3v) is 5.74. The topological polar surface area (TPSA) is 49.6 Å². The summed E-state index contributed by atoms with van der Waals surface area (Å²) in [6.07, 6.45) is 1.42. The average molecular weight is 446 g/mol. The van der Waals surface area contributed by atoms with E-state index >= 15 is 0 Å². The number of carbonyl (C=O) groups is 1. The van der Waals surface area contributed by atoms with Gasteiger partial charge in [-0.3, -0.25) is 9.69 Å². The second kappa shape index (κ2) is 10.1. The Kier molecular flexibility index (Phi) is 7.53. The van der Waals surface area contributed by atoms with Crippen molar-refractivity contribution in [3.8, 4) is 0 Å². The number of rotatable bonds is 8. The number of benzene rings is 2. The van der Waals surface area contributed by atoms with Crippen molar-refractivity contribution in [2.75, 3.05) is 13.6 Å². The van der Waals surface area contributed by atoms with E-state index in [1.54, 1.807) is 18.0 Å². The van der Waals surface area contributed by atoms with E-state index in [-0.39, 0.29) is 11.9 Å². The van der Waals surface area contributed by atoms with E-state index in [1.807, 2.05) is 37.3 Å². The van der Waals surface area contributed by atoms with Crippen LogP contribution in [0.3, 0.4) is 0 Å². The van der Waals surface area contributed by atoms with Crippen molar-refractivity contribution >= 4 is 29.1 Å². The zero-order valence-electron chi connectivity index (χ0n) is 17.3. The Morgan fingerprint density at radius 2 is 1.87 bits per heavy atom. The van der Waals surface area contributed by atoms with Crippen LogP contribution in [0.4, 0.5) is 0 Å². The van der Waals surface area contributed by atoms with Crippen LogP contribution >= 0.6 is 23.2 Å². The lowest BCUT2D eigenvalue weighted by molar-refractivity contribution is 0.0796. The molecule has 0 N–H and O–H groups in total. The number of nitrogens with zero attached hydrogens (tertiary/aromatic N) is 3. The molecule has 1 amide bonds. The Balaban J connectivity index is 1.86. The Morgan fingerprint density at radius 3 is 2.53 bits per heavy atom. The van der Waals surface area contributed by atoms with E-state index in [0.29, 0.717) is 41.3 Å². The molecule has 2 aromatic carbocycles.